The minimum Gasteiger partial charge on any atom is -0.257 e. The van der Waals surface area contributed by atoms with E-state index in [1.807, 2.05) is 0 Å². The average molecular weight is 326 g/mol. The van der Waals surface area contributed by atoms with Crippen LogP contribution in [0.4, 0.5) is 0 Å². The van der Waals surface area contributed by atoms with Gasteiger partial charge in [0.25, 0.3) is 0 Å². The Morgan fingerprint density at radius 3 is 2.17 bits per heavy atom. The number of nitrogens with zero attached hydrogens (tertiary/aromatic N) is 1. The van der Waals surface area contributed by atoms with E-state index in [1.54, 1.807) is 0 Å². The predicted molar refractivity (Wildman–Crippen MR) is 109 cm³/mol. The van der Waals surface area contributed by atoms with Gasteiger partial charge in [0.15, 0.2) is 0 Å². The third-order valence-corrected chi connectivity index (χ3v) is 4.72. The molecule has 0 spiro atoms. The van der Waals surface area contributed by atoms with Crippen LogP contribution in [0.1, 0.15) is 77.8 Å². The Morgan fingerprint density at radius 2 is 1.71 bits per heavy atom. The van der Waals surface area contributed by atoms with Gasteiger partial charge in [-0.2, -0.15) is 0 Å². The van der Waals surface area contributed by atoms with Crippen molar-refractivity contribution in [3.8, 4) is 0 Å². The lowest BCUT2D eigenvalue weighted by Gasteiger charge is -2.21. The summed E-state index contributed by atoms with van der Waals surface area (Å²) in [6.07, 6.45) is 5.84. The molecule has 0 radical (unpaired) electrons. The Kier molecular flexibility index (Phi) is 8.74. The molecule has 0 heterocycles. The molecule has 1 aromatic rings. The van der Waals surface area contributed by atoms with Gasteiger partial charge in [0, 0.05) is 17.3 Å². The Labute approximate surface area is 149 Å². The molecule has 0 aliphatic carbocycles. The van der Waals surface area contributed by atoms with Gasteiger partial charge in [-0.3, -0.25) is 4.99 Å². The van der Waals surface area contributed by atoms with Gasteiger partial charge >= 0.3 is 0 Å². The highest BCUT2D eigenvalue weighted by molar-refractivity contribution is 5.99. The Balaban J connectivity index is 3.33. The second-order valence-corrected chi connectivity index (χ2v) is 6.81. The smallest absolute Gasteiger partial charge is 0.0472 e. The van der Waals surface area contributed by atoms with Gasteiger partial charge in [-0.1, -0.05) is 75.6 Å². The van der Waals surface area contributed by atoms with Crippen LogP contribution in [-0.2, 0) is 0 Å². The molecular weight excluding hydrogens is 290 g/mol. The second kappa shape index (κ2) is 10.3. The molecule has 1 heteroatoms. The summed E-state index contributed by atoms with van der Waals surface area (Å²) in [4.78, 5) is 5.13. The van der Waals surface area contributed by atoms with E-state index in [2.05, 4.69) is 72.4 Å². The fourth-order valence-corrected chi connectivity index (χ4v) is 3.13. The molecule has 0 amide bonds. The fourth-order valence-electron chi connectivity index (χ4n) is 3.13. The van der Waals surface area contributed by atoms with Crippen LogP contribution in [0.3, 0.4) is 0 Å². The van der Waals surface area contributed by atoms with Crippen molar-refractivity contribution in [2.75, 3.05) is 0 Å². The van der Waals surface area contributed by atoms with Gasteiger partial charge in [-0.15, -0.1) is 0 Å². The molecule has 132 valence electrons. The minimum absolute atomic E-state index is 0.525. The zero-order valence-electron chi connectivity index (χ0n) is 16.6. The predicted octanol–water partition coefficient (Wildman–Crippen LogP) is 7.26. The van der Waals surface area contributed by atoms with Gasteiger partial charge in [0.2, 0.25) is 0 Å². The van der Waals surface area contributed by atoms with Crippen LogP contribution in [0.5, 0.6) is 0 Å². The van der Waals surface area contributed by atoms with Crippen molar-refractivity contribution in [1.82, 2.24) is 0 Å². The molecule has 1 aromatic carbocycles. The summed E-state index contributed by atoms with van der Waals surface area (Å²) in [5.41, 5.74) is 7.35. The molecule has 0 N–H and O–H groups in total. The molecule has 1 rings (SSSR count). The molecule has 0 fully saturated rings. The van der Waals surface area contributed by atoms with Crippen molar-refractivity contribution in [2.24, 2.45) is 10.9 Å². The highest BCUT2D eigenvalue weighted by atomic mass is 14.8. The molecular formula is C23H35N. The molecule has 1 nitrogen and oxygen atoms in total. The Bertz CT molecular complexity index is 587. The molecule has 1 unspecified atom stereocenters. The maximum Gasteiger partial charge on any atom is 0.0472 e. The summed E-state index contributed by atoms with van der Waals surface area (Å²) in [6.45, 7) is 17.3. The Morgan fingerprint density at radius 1 is 1.08 bits per heavy atom. The first-order chi connectivity index (χ1) is 11.4. The summed E-state index contributed by atoms with van der Waals surface area (Å²) in [5.74, 6) is 0.525. The van der Waals surface area contributed by atoms with E-state index in [0.29, 0.717) is 5.92 Å². The number of hydrogen-bond acceptors (Lipinski definition) is 1. The fraction of sp³-hybridized carbons (Fsp3) is 0.522. The second-order valence-electron chi connectivity index (χ2n) is 6.81. The molecule has 0 aliphatic rings. The molecule has 24 heavy (non-hydrogen) atoms. The Hall–Kier alpha value is -1.63. The normalized spacial score (nSPS) is 14.3. The van der Waals surface area contributed by atoms with Crippen molar-refractivity contribution in [2.45, 2.75) is 73.6 Å². The summed E-state index contributed by atoms with van der Waals surface area (Å²) < 4.78 is 0. The monoisotopic (exact) mass is 325 g/mol. The van der Waals surface area contributed by atoms with E-state index in [9.17, 15) is 0 Å². The third kappa shape index (κ3) is 5.78. The SMILES string of the molecule is C=C(C)/C(CC)=C(\N=C(C)c1ccc(C)cc1)C(CC)CCCC. The molecule has 0 aliphatic heterocycles. The number of unbranched alkanes of at least 4 members (excludes halogenated alkanes) is 1. The maximum atomic E-state index is 5.13. The van der Waals surface area contributed by atoms with Crippen LogP contribution < -0.4 is 0 Å². The van der Waals surface area contributed by atoms with E-state index in [0.717, 1.165) is 24.1 Å². The summed E-state index contributed by atoms with van der Waals surface area (Å²) in [5, 5.41) is 0. The van der Waals surface area contributed by atoms with Crippen LogP contribution in [0, 0.1) is 12.8 Å². The van der Waals surface area contributed by atoms with Crippen LogP contribution in [0.25, 0.3) is 0 Å². The largest absolute Gasteiger partial charge is 0.257 e. The third-order valence-electron chi connectivity index (χ3n) is 4.72. The molecule has 0 bridgehead atoms. The standard InChI is InChI=1S/C23H35N/c1-8-11-12-20(9-2)23(22(10-3)17(4)5)24-19(7)21-15-13-18(6)14-16-21/h13-16,20H,4,8-12H2,1-3,5-7H3/b23-22-,24-19?. The van der Waals surface area contributed by atoms with E-state index >= 15 is 0 Å². The zero-order chi connectivity index (χ0) is 18.1. The first-order valence-corrected chi connectivity index (χ1v) is 9.45. The highest BCUT2D eigenvalue weighted by Crippen LogP contribution is 2.30. The van der Waals surface area contributed by atoms with Gasteiger partial charge in [0.05, 0.1) is 0 Å². The van der Waals surface area contributed by atoms with E-state index in [1.165, 1.54) is 41.7 Å². The van der Waals surface area contributed by atoms with Crippen molar-refractivity contribution in [3.63, 3.8) is 0 Å². The van der Waals surface area contributed by atoms with E-state index in [4.69, 9.17) is 4.99 Å². The summed E-state index contributed by atoms with van der Waals surface area (Å²) in [6, 6.07) is 8.66. The first kappa shape index (κ1) is 20.4. The lowest BCUT2D eigenvalue weighted by molar-refractivity contribution is 0.506. The quantitative estimate of drug-likeness (QED) is 0.334. The molecule has 0 saturated heterocycles. The van der Waals surface area contributed by atoms with Gasteiger partial charge < -0.3 is 0 Å². The average Bonchev–Trinajstić information content (AvgIpc) is 2.56. The van der Waals surface area contributed by atoms with Gasteiger partial charge in [-0.25, -0.2) is 0 Å². The molecule has 1 atom stereocenters. The van der Waals surface area contributed by atoms with Gasteiger partial charge in [-0.05, 0) is 51.2 Å². The first-order valence-electron chi connectivity index (χ1n) is 9.45. The molecule has 0 aromatic heterocycles. The van der Waals surface area contributed by atoms with Gasteiger partial charge in [0.1, 0.15) is 0 Å². The topological polar surface area (TPSA) is 12.4 Å². The summed E-state index contributed by atoms with van der Waals surface area (Å²) >= 11 is 0. The number of hydrogen-bond donors (Lipinski definition) is 0. The number of aliphatic imine (C=N–C) groups is 1. The number of aryl methyl sites for hydroxylation is 1. The lowest BCUT2D eigenvalue weighted by atomic mass is 9.89. The van der Waals surface area contributed by atoms with Crippen LogP contribution in [0.2, 0.25) is 0 Å². The number of allylic oxidation sites excluding steroid dienone is 3. The van der Waals surface area contributed by atoms with Crippen LogP contribution in [0.15, 0.2) is 52.7 Å². The van der Waals surface area contributed by atoms with Crippen LogP contribution in [-0.4, -0.2) is 5.71 Å². The number of benzene rings is 1. The van der Waals surface area contributed by atoms with E-state index < -0.39 is 0 Å². The lowest BCUT2D eigenvalue weighted by Crippen LogP contribution is -2.08. The summed E-state index contributed by atoms with van der Waals surface area (Å²) in [7, 11) is 0. The highest BCUT2D eigenvalue weighted by Gasteiger charge is 2.17. The van der Waals surface area contributed by atoms with Crippen molar-refractivity contribution in [3.05, 3.63) is 58.8 Å². The van der Waals surface area contributed by atoms with Crippen LogP contribution >= 0.6 is 0 Å². The maximum absolute atomic E-state index is 5.13. The van der Waals surface area contributed by atoms with Crippen molar-refractivity contribution < 1.29 is 0 Å². The van der Waals surface area contributed by atoms with Crippen molar-refractivity contribution >= 4 is 5.71 Å². The number of rotatable bonds is 9. The van der Waals surface area contributed by atoms with Crippen molar-refractivity contribution in [1.29, 1.82) is 0 Å². The molecule has 0 saturated carbocycles. The minimum atomic E-state index is 0.525. The zero-order valence-corrected chi connectivity index (χ0v) is 16.6. The van der Waals surface area contributed by atoms with E-state index in [-0.39, 0.29) is 0 Å².